The highest BCUT2D eigenvalue weighted by molar-refractivity contribution is 6.06. The van der Waals surface area contributed by atoms with Crippen LogP contribution in [0.15, 0.2) is 66.9 Å². The van der Waals surface area contributed by atoms with E-state index < -0.39 is 12.0 Å². The van der Waals surface area contributed by atoms with Crippen LogP contribution in [0.25, 0.3) is 16.5 Å². The number of aromatic nitrogens is 1. The fourth-order valence-corrected chi connectivity index (χ4v) is 2.52. The van der Waals surface area contributed by atoms with Crippen molar-refractivity contribution in [2.45, 2.75) is 6.18 Å². The zero-order chi connectivity index (χ0) is 18.7. The summed E-state index contributed by atoms with van der Waals surface area (Å²) in [4.78, 5) is 15.5. The first-order chi connectivity index (χ1) is 12.4. The van der Waals surface area contributed by atoms with Crippen molar-refractivity contribution in [1.82, 2.24) is 4.98 Å². The number of rotatable bonds is 4. The van der Waals surface area contributed by atoms with E-state index in [1.54, 1.807) is 36.4 Å². The number of anilines is 2. The number of alkyl halides is 3. The third-order valence-corrected chi connectivity index (χ3v) is 3.74. The van der Waals surface area contributed by atoms with E-state index in [-0.39, 0.29) is 11.5 Å². The second-order valence-corrected chi connectivity index (χ2v) is 5.51. The van der Waals surface area contributed by atoms with E-state index in [0.29, 0.717) is 22.7 Å². The standard InChI is InChI=1S/C19H14F3N3O/c20-19(21,22)17(26)11-16(25-15-9-4-10-24-18(15)23)14-8-3-6-12-5-1-2-7-13(12)14/h1-11,25H,(H2,23,24)/b16-11+. The number of nitrogens with one attached hydrogen (secondary N) is 1. The van der Waals surface area contributed by atoms with Gasteiger partial charge in [-0.05, 0) is 22.9 Å². The minimum atomic E-state index is -4.97. The van der Waals surface area contributed by atoms with Crippen molar-refractivity contribution in [2.75, 3.05) is 11.1 Å². The smallest absolute Gasteiger partial charge is 0.382 e. The first-order valence-corrected chi connectivity index (χ1v) is 7.65. The summed E-state index contributed by atoms with van der Waals surface area (Å²) in [6.07, 6.45) is -2.98. The first-order valence-electron chi connectivity index (χ1n) is 7.65. The van der Waals surface area contributed by atoms with E-state index >= 15 is 0 Å². The first kappa shape index (κ1) is 17.5. The molecule has 0 fully saturated rings. The highest BCUT2D eigenvalue weighted by Crippen LogP contribution is 2.29. The van der Waals surface area contributed by atoms with Crippen LogP contribution in [0.5, 0.6) is 0 Å². The van der Waals surface area contributed by atoms with E-state index in [4.69, 9.17) is 5.73 Å². The van der Waals surface area contributed by atoms with Crippen LogP contribution in [0.3, 0.4) is 0 Å². The molecule has 1 heterocycles. The Morgan fingerprint density at radius 1 is 1.04 bits per heavy atom. The topological polar surface area (TPSA) is 68.0 Å². The van der Waals surface area contributed by atoms with Gasteiger partial charge in [0.2, 0.25) is 0 Å². The molecule has 0 saturated heterocycles. The Bertz CT molecular complexity index is 991. The molecule has 3 N–H and O–H groups in total. The molecule has 0 aliphatic carbocycles. The van der Waals surface area contributed by atoms with Crippen LogP contribution in [0.1, 0.15) is 5.56 Å². The molecule has 132 valence electrons. The number of hydrogen-bond acceptors (Lipinski definition) is 4. The molecular weight excluding hydrogens is 343 g/mol. The number of hydrogen-bond donors (Lipinski definition) is 2. The Balaban J connectivity index is 2.16. The van der Waals surface area contributed by atoms with Crippen molar-refractivity contribution in [3.05, 3.63) is 72.4 Å². The van der Waals surface area contributed by atoms with Gasteiger partial charge >= 0.3 is 6.18 Å². The van der Waals surface area contributed by atoms with Gasteiger partial charge in [0.05, 0.1) is 11.4 Å². The molecule has 0 bridgehead atoms. The molecule has 7 heteroatoms. The molecule has 0 spiro atoms. The zero-order valence-corrected chi connectivity index (χ0v) is 13.4. The maximum Gasteiger partial charge on any atom is 0.454 e. The number of benzene rings is 2. The lowest BCUT2D eigenvalue weighted by Crippen LogP contribution is -2.21. The Morgan fingerprint density at radius 3 is 2.50 bits per heavy atom. The highest BCUT2D eigenvalue weighted by Gasteiger charge is 2.37. The normalized spacial score (nSPS) is 12.2. The number of nitrogens with two attached hydrogens (primary N) is 1. The molecule has 26 heavy (non-hydrogen) atoms. The van der Waals surface area contributed by atoms with Crippen molar-refractivity contribution in [3.8, 4) is 0 Å². The fourth-order valence-electron chi connectivity index (χ4n) is 2.52. The second kappa shape index (κ2) is 6.87. The van der Waals surface area contributed by atoms with Crippen LogP contribution >= 0.6 is 0 Å². The maximum atomic E-state index is 12.8. The number of carbonyl (C=O) groups excluding carboxylic acids is 1. The third kappa shape index (κ3) is 3.66. The molecule has 0 amide bonds. The molecule has 2 aromatic carbocycles. The van der Waals surface area contributed by atoms with Gasteiger partial charge < -0.3 is 11.1 Å². The average molecular weight is 357 g/mol. The van der Waals surface area contributed by atoms with Gasteiger partial charge in [0.15, 0.2) is 0 Å². The summed E-state index contributed by atoms with van der Waals surface area (Å²) in [6, 6.07) is 15.5. The molecule has 3 rings (SSSR count). The van der Waals surface area contributed by atoms with Gasteiger partial charge in [0.25, 0.3) is 5.78 Å². The number of nitrogens with zero attached hydrogens (tertiary/aromatic N) is 1. The number of nitrogen functional groups attached to an aromatic ring is 1. The molecule has 0 aliphatic heterocycles. The fraction of sp³-hybridized carbons (Fsp3) is 0.0526. The largest absolute Gasteiger partial charge is 0.454 e. The van der Waals surface area contributed by atoms with Gasteiger partial charge in [-0.25, -0.2) is 4.98 Å². The van der Waals surface area contributed by atoms with E-state index in [1.807, 2.05) is 18.2 Å². The highest BCUT2D eigenvalue weighted by atomic mass is 19.4. The van der Waals surface area contributed by atoms with Gasteiger partial charge in [0, 0.05) is 17.8 Å². The van der Waals surface area contributed by atoms with Crippen LogP contribution in [-0.2, 0) is 4.79 Å². The number of carbonyl (C=O) groups is 1. The Morgan fingerprint density at radius 2 is 1.77 bits per heavy atom. The number of pyridine rings is 1. The zero-order valence-electron chi connectivity index (χ0n) is 13.4. The monoisotopic (exact) mass is 357 g/mol. The van der Waals surface area contributed by atoms with Crippen molar-refractivity contribution in [2.24, 2.45) is 0 Å². The second-order valence-electron chi connectivity index (χ2n) is 5.51. The van der Waals surface area contributed by atoms with Gasteiger partial charge in [-0.1, -0.05) is 42.5 Å². The summed E-state index contributed by atoms with van der Waals surface area (Å²) in [5.41, 5.74) is 6.51. The van der Waals surface area contributed by atoms with Gasteiger partial charge in [-0.3, -0.25) is 4.79 Å². The molecule has 0 unspecified atom stereocenters. The summed E-state index contributed by atoms with van der Waals surface area (Å²) in [6.45, 7) is 0. The summed E-state index contributed by atoms with van der Waals surface area (Å²) in [7, 11) is 0. The van der Waals surface area contributed by atoms with E-state index in [0.717, 1.165) is 5.39 Å². The summed E-state index contributed by atoms with van der Waals surface area (Å²) in [5, 5.41) is 4.34. The van der Waals surface area contributed by atoms with Crippen LogP contribution < -0.4 is 11.1 Å². The van der Waals surface area contributed by atoms with Gasteiger partial charge in [-0.15, -0.1) is 0 Å². The molecule has 0 radical (unpaired) electrons. The molecule has 0 saturated carbocycles. The molecular formula is C19H14F3N3O. The lowest BCUT2D eigenvalue weighted by atomic mass is 10.0. The predicted octanol–water partition coefficient (Wildman–Crippen LogP) is 4.40. The van der Waals surface area contributed by atoms with Crippen molar-refractivity contribution in [3.63, 3.8) is 0 Å². The summed E-state index contributed by atoms with van der Waals surface area (Å²) >= 11 is 0. The minimum absolute atomic E-state index is 0.0103. The summed E-state index contributed by atoms with van der Waals surface area (Å²) < 4.78 is 38.4. The van der Waals surface area contributed by atoms with Gasteiger partial charge in [-0.2, -0.15) is 13.2 Å². The minimum Gasteiger partial charge on any atom is -0.382 e. The van der Waals surface area contributed by atoms with E-state index in [9.17, 15) is 18.0 Å². The van der Waals surface area contributed by atoms with Gasteiger partial charge in [0.1, 0.15) is 5.82 Å². The lowest BCUT2D eigenvalue weighted by molar-refractivity contribution is -0.165. The molecule has 4 nitrogen and oxygen atoms in total. The Labute approximate surface area is 147 Å². The SMILES string of the molecule is Nc1ncccc1N/C(=C/C(=O)C(F)(F)F)c1cccc2ccccc12. The van der Waals surface area contributed by atoms with E-state index in [2.05, 4.69) is 10.3 Å². The van der Waals surface area contributed by atoms with E-state index in [1.165, 1.54) is 6.20 Å². The predicted molar refractivity (Wildman–Crippen MR) is 95.3 cm³/mol. The Kier molecular flexibility index (Phi) is 4.62. The number of allylic oxidation sites excluding steroid dienone is 1. The summed E-state index contributed by atoms with van der Waals surface area (Å²) in [5.74, 6) is -1.85. The number of halogens is 3. The molecule has 1 aromatic heterocycles. The average Bonchev–Trinajstić information content (AvgIpc) is 2.61. The lowest BCUT2D eigenvalue weighted by Gasteiger charge is -2.15. The third-order valence-electron chi connectivity index (χ3n) is 3.74. The van der Waals surface area contributed by atoms with Crippen molar-refractivity contribution in [1.29, 1.82) is 0 Å². The Hall–Kier alpha value is -3.35. The maximum absolute atomic E-state index is 12.8. The number of ketones is 1. The van der Waals surface area contributed by atoms with Crippen LogP contribution in [0.2, 0.25) is 0 Å². The number of fused-ring (bicyclic) bond motifs is 1. The quantitative estimate of drug-likeness (QED) is 0.679. The molecule has 0 aliphatic rings. The van der Waals surface area contributed by atoms with Crippen molar-refractivity contribution < 1.29 is 18.0 Å². The van der Waals surface area contributed by atoms with Crippen LogP contribution in [0, 0.1) is 0 Å². The molecule has 3 aromatic rings. The van der Waals surface area contributed by atoms with Crippen LogP contribution in [0.4, 0.5) is 24.7 Å². The molecule has 0 atom stereocenters. The van der Waals surface area contributed by atoms with Crippen molar-refractivity contribution >= 4 is 33.8 Å². The van der Waals surface area contributed by atoms with Crippen LogP contribution in [-0.4, -0.2) is 16.9 Å².